The van der Waals surface area contributed by atoms with E-state index in [0.29, 0.717) is 10.9 Å². The number of aromatic nitrogens is 1. The van der Waals surface area contributed by atoms with E-state index in [2.05, 4.69) is 15.6 Å². The van der Waals surface area contributed by atoms with Crippen LogP contribution in [0.15, 0.2) is 0 Å². The molecule has 3 aliphatic rings. The minimum Gasteiger partial charge on any atom is -0.353 e. The lowest BCUT2D eigenvalue weighted by atomic mass is 9.96. The molecule has 0 aromatic carbocycles. The summed E-state index contributed by atoms with van der Waals surface area (Å²) in [5.74, 6) is 1.09. The lowest BCUT2D eigenvalue weighted by Gasteiger charge is -2.23. The molecular formula is C18H25N3O2S. The molecular weight excluding hydrogens is 322 g/mol. The molecule has 1 heterocycles. The second kappa shape index (κ2) is 6.82. The van der Waals surface area contributed by atoms with E-state index in [0.717, 1.165) is 44.3 Å². The summed E-state index contributed by atoms with van der Waals surface area (Å²) in [5.41, 5.74) is 1.06. The van der Waals surface area contributed by atoms with Crippen LogP contribution in [0.1, 0.15) is 65.3 Å². The monoisotopic (exact) mass is 347 g/mol. The molecule has 130 valence electrons. The maximum absolute atomic E-state index is 12.3. The van der Waals surface area contributed by atoms with E-state index < -0.39 is 0 Å². The fourth-order valence-corrected chi connectivity index (χ4v) is 4.84. The average molecular weight is 347 g/mol. The van der Waals surface area contributed by atoms with Gasteiger partial charge in [-0.15, -0.1) is 11.3 Å². The molecule has 1 aromatic heterocycles. The summed E-state index contributed by atoms with van der Waals surface area (Å²) in [4.78, 5) is 30.2. The van der Waals surface area contributed by atoms with Gasteiger partial charge in [0.2, 0.25) is 5.91 Å². The van der Waals surface area contributed by atoms with Crippen LogP contribution in [0.4, 0.5) is 0 Å². The van der Waals surface area contributed by atoms with Crippen molar-refractivity contribution >= 4 is 23.2 Å². The third-order valence-corrected chi connectivity index (χ3v) is 6.57. The van der Waals surface area contributed by atoms with E-state index in [1.165, 1.54) is 41.9 Å². The normalized spacial score (nSPS) is 23.8. The van der Waals surface area contributed by atoms with Crippen molar-refractivity contribution < 1.29 is 9.59 Å². The van der Waals surface area contributed by atoms with Gasteiger partial charge in [0.1, 0.15) is 0 Å². The van der Waals surface area contributed by atoms with Gasteiger partial charge in [0.25, 0.3) is 5.91 Å². The average Bonchev–Trinajstić information content (AvgIpc) is 3.08. The van der Waals surface area contributed by atoms with Gasteiger partial charge in [0.15, 0.2) is 5.01 Å². The molecule has 24 heavy (non-hydrogen) atoms. The molecule has 0 radical (unpaired) electrons. The van der Waals surface area contributed by atoms with E-state index in [9.17, 15) is 9.59 Å². The number of hydrogen-bond donors (Lipinski definition) is 2. The Hall–Kier alpha value is -1.43. The first-order chi connectivity index (χ1) is 11.7. The van der Waals surface area contributed by atoms with Gasteiger partial charge >= 0.3 is 0 Å². The van der Waals surface area contributed by atoms with Crippen molar-refractivity contribution in [1.29, 1.82) is 0 Å². The van der Waals surface area contributed by atoms with Gasteiger partial charge in [-0.3, -0.25) is 9.59 Å². The van der Waals surface area contributed by atoms with Crippen molar-refractivity contribution in [3.05, 3.63) is 15.6 Å². The Labute approximate surface area is 146 Å². The van der Waals surface area contributed by atoms with E-state index >= 15 is 0 Å². The largest absolute Gasteiger partial charge is 0.353 e. The van der Waals surface area contributed by atoms with Crippen molar-refractivity contribution in [3.8, 4) is 0 Å². The highest BCUT2D eigenvalue weighted by Crippen LogP contribution is 2.30. The van der Waals surface area contributed by atoms with Crippen LogP contribution in [-0.4, -0.2) is 29.4 Å². The lowest BCUT2D eigenvalue weighted by molar-refractivity contribution is -0.125. The molecule has 5 nitrogen and oxygen atoms in total. The van der Waals surface area contributed by atoms with Crippen molar-refractivity contribution in [2.75, 3.05) is 6.54 Å². The highest BCUT2D eigenvalue weighted by Gasteiger charge is 2.29. The van der Waals surface area contributed by atoms with Gasteiger partial charge in [0.05, 0.1) is 5.69 Å². The summed E-state index contributed by atoms with van der Waals surface area (Å²) in [6.45, 7) is 0.781. The number of hydrogen-bond acceptors (Lipinski definition) is 4. The Bertz CT molecular complexity index is 632. The van der Waals surface area contributed by atoms with Crippen LogP contribution in [0.3, 0.4) is 0 Å². The number of fused-ring (bicyclic) bond motifs is 1. The van der Waals surface area contributed by atoms with Crippen molar-refractivity contribution in [3.63, 3.8) is 0 Å². The Balaban J connectivity index is 1.34. The predicted octanol–water partition coefficient (Wildman–Crippen LogP) is 2.45. The molecule has 0 spiro atoms. The Kier molecular flexibility index (Phi) is 4.57. The van der Waals surface area contributed by atoms with Crippen LogP contribution in [0.5, 0.6) is 0 Å². The summed E-state index contributed by atoms with van der Waals surface area (Å²) in [6, 6.07) is 0.202. The molecule has 4 rings (SSSR count). The van der Waals surface area contributed by atoms with E-state index in [1.807, 2.05) is 0 Å². The van der Waals surface area contributed by atoms with Crippen LogP contribution in [0, 0.1) is 11.8 Å². The third kappa shape index (κ3) is 3.63. The standard InChI is InChI=1S/C18H25N3O2S/c22-16(12-3-1-2-4-12)20-13-7-8-14-15(9-13)24-18(21-14)17(23)19-10-11-5-6-11/h11-13H,1-10H2,(H,19,23)(H,20,22). The third-order valence-electron chi connectivity index (χ3n) is 5.45. The minimum atomic E-state index is -0.0344. The molecule has 3 aliphatic carbocycles. The molecule has 2 N–H and O–H groups in total. The molecule has 0 saturated heterocycles. The molecule has 2 saturated carbocycles. The number of amides is 2. The highest BCUT2D eigenvalue weighted by atomic mass is 32.1. The van der Waals surface area contributed by atoms with Crippen LogP contribution < -0.4 is 10.6 Å². The smallest absolute Gasteiger partial charge is 0.280 e. The van der Waals surface area contributed by atoms with Crippen LogP contribution >= 0.6 is 11.3 Å². The zero-order valence-electron chi connectivity index (χ0n) is 14.0. The molecule has 6 heteroatoms. The lowest BCUT2D eigenvalue weighted by Crippen LogP contribution is -2.41. The van der Waals surface area contributed by atoms with Crippen LogP contribution in [0.25, 0.3) is 0 Å². The predicted molar refractivity (Wildman–Crippen MR) is 93.1 cm³/mol. The first-order valence-electron chi connectivity index (χ1n) is 9.26. The topological polar surface area (TPSA) is 71.1 Å². The maximum atomic E-state index is 12.3. The van der Waals surface area contributed by atoms with E-state index in [1.54, 1.807) is 0 Å². The zero-order valence-corrected chi connectivity index (χ0v) is 14.8. The molecule has 0 aliphatic heterocycles. The summed E-state index contributed by atoms with van der Waals surface area (Å²) in [6.07, 6.45) is 9.51. The summed E-state index contributed by atoms with van der Waals surface area (Å²) >= 11 is 1.50. The minimum absolute atomic E-state index is 0.0344. The maximum Gasteiger partial charge on any atom is 0.280 e. The number of thiazole rings is 1. The molecule has 2 amide bonds. The Morgan fingerprint density at radius 3 is 2.67 bits per heavy atom. The second-order valence-electron chi connectivity index (χ2n) is 7.47. The zero-order chi connectivity index (χ0) is 16.5. The van der Waals surface area contributed by atoms with Gasteiger partial charge < -0.3 is 10.6 Å². The quantitative estimate of drug-likeness (QED) is 0.859. The fourth-order valence-electron chi connectivity index (χ4n) is 3.74. The van der Waals surface area contributed by atoms with E-state index in [4.69, 9.17) is 0 Å². The summed E-state index contributed by atoms with van der Waals surface area (Å²) < 4.78 is 0. The molecule has 0 bridgehead atoms. The summed E-state index contributed by atoms with van der Waals surface area (Å²) in [5, 5.41) is 6.80. The number of carbonyl (C=O) groups is 2. The van der Waals surface area contributed by atoms with Crippen molar-refractivity contribution in [2.24, 2.45) is 11.8 Å². The van der Waals surface area contributed by atoms with Gasteiger partial charge in [-0.05, 0) is 44.4 Å². The first kappa shape index (κ1) is 16.1. The van der Waals surface area contributed by atoms with E-state index in [-0.39, 0.29) is 23.8 Å². The van der Waals surface area contributed by atoms with Crippen LogP contribution in [0.2, 0.25) is 0 Å². The molecule has 2 fully saturated rings. The fraction of sp³-hybridized carbons (Fsp3) is 0.722. The second-order valence-corrected chi connectivity index (χ2v) is 8.56. The summed E-state index contributed by atoms with van der Waals surface area (Å²) in [7, 11) is 0. The van der Waals surface area contributed by atoms with Gasteiger partial charge in [-0.2, -0.15) is 0 Å². The van der Waals surface area contributed by atoms with Crippen molar-refractivity contribution in [2.45, 2.75) is 63.8 Å². The Morgan fingerprint density at radius 1 is 1.12 bits per heavy atom. The van der Waals surface area contributed by atoms with Crippen LogP contribution in [-0.2, 0) is 17.6 Å². The first-order valence-corrected chi connectivity index (χ1v) is 10.1. The number of carbonyl (C=O) groups excluding carboxylic acids is 2. The highest BCUT2D eigenvalue weighted by molar-refractivity contribution is 7.13. The van der Waals surface area contributed by atoms with Gasteiger partial charge in [0, 0.05) is 29.8 Å². The van der Waals surface area contributed by atoms with Gasteiger partial charge in [-0.25, -0.2) is 4.98 Å². The number of aryl methyl sites for hydroxylation is 1. The number of rotatable bonds is 5. The Morgan fingerprint density at radius 2 is 1.92 bits per heavy atom. The molecule has 1 atom stereocenters. The molecule has 1 aromatic rings. The number of nitrogens with one attached hydrogen (secondary N) is 2. The van der Waals surface area contributed by atoms with Crippen molar-refractivity contribution in [1.82, 2.24) is 15.6 Å². The SMILES string of the molecule is O=C(NCC1CC1)c1nc2c(s1)CC(NC(=O)C1CCCC1)CC2. The van der Waals surface area contributed by atoms with Gasteiger partial charge in [-0.1, -0.05) is 12.8 Å². The number of nitrogens with zero attached hydrogens (tertiary/aromatic N) is 1. The molecule has 1 unspecified atom stereocenters.